The number of hydrogen-bond acceptors (Lipinski definition) is 2. The Bertz CT molecular complexity index is 516. The standard InChI is InChI=1S/C10H8FNO2/c1-12-6(5-13)4-7-9(12)3-2-8(11)10(7)14/h2-5,14H,1H3. The fourth-order valence-electron chi connectivity index (χ4n) is 1.50. The number of hydrogen-bond donors (Lipinski definition) is 1. The smallest absolute Gasteiger partial charge is 0.166 e. The van der Waals surface area contributed by atoms with E-state index in [4.69, 9.17) is 0 Å². The number of aldehydes is 1. The van der Waals surface area contributed by atoms with E-state index in [0.29, 0.717) is 22.9 Å². The normalized spacial score (nSPS) is 10.7. The highest BCUT2D eigenvalue weighted by Crippen LogP contribution is 2.29. The van der Waals surface area contributed by atoms with Crippen molar-refractivity contribution in [3.8, 4) is 5.75 Å². The summed E-state index contributed by atoms with van der Waals surface area (Å²) in [5.41, 5.74) is 1.03. The van der Waals surface area contributed by atoms with Crippen LogP contribution in [0.1, 0.15) is 10.5 Å². The average Bonchev–Trinajstić information content (AvgIpc) is 2.50. The van der Waals surface area contributed by atoms with Gasteiger partial charge in [-0.2, -0.15) is 0 Å². The molecule has 0 aliphatic heterocycles. The van der Waals surface area contributed by atoms with Crippen molar-refractivity contribution in [3.63, 3.8) is 0 Å². The largest absolute Gasteiger partial charge is 0.504 e. The van der Waals surface area contributed by atoms with E-state index in [-0.39, 0.29) is 0 Å². The summed E-state index contributed by atoms with van der Waals surface area (Å²) in [6, 6.07) is 4.16. The molecule has 3 nitrogen and oxygen atoms in total. The molecular weight excluding hydrogens is 185 g/mol. The van der Waals surface area contributed by atoms with Crippen molar-refractivity contribution in [1.29, 1.82) is 0 Å². The van der Waals surface area contributed by atoms with Gasteiger partial charge in [0.15, 0.2) is 17.9 Å². The number of rotatable bonds is 1. The van der Waals surface area contributed by atoms with Gasteiger partial charge in [0.1, 0.15) is 0 Å². The summed E-state index contributed by atoms with van der Waals surface area (Å²) in [5.74, 6) is -1.09. The van der Waals surface area contributed by atoms with Crippen LogP contribution in [0.15, 0.2) is 18.2 Å². The van der Waals surface area contributed by atoms with Gasteiger partial charge in [0, 0.05) is 12.4 Å². The molecule has 1 aromatic heterocycles. The minimum atomic E-state index is -0.680. The Balaban J connectivity index is 2.91. The predicted molar refractivity (Wildman–Crippen MR) is 49.9 cm³/mol. The first-order chi connectivity index (χ1) is 6.65. The Kier molecular flexibility index (Phi) is 1.77. The maximum absolute atomic E-state index is 12.9. The molecule has 0 atom stereocenters. The number of benzene rings is 1. The Morgan fingerprint density at radius 1 is 1.50 bits per heavy atom. The second-order valence-electron chi connectivity index (χ2n) is 3.07. The third kappa shape index (κ3) is 1.00. The molecule has 0 unspecified atom stereocenters. The van der Waals surface area contributed by atoms with Crippen LogP contribution in [0.25, 0.3) is 10.9 Å². The van der Waals surface area contributed by atoms with Crippen molar-refractivity contribution < 1.29 is 14.3 Å². The zero-order valence-electron chi connectivity index (χ0n) is 7.49. The van der Waals surface area contributed by atoms with Crippen LogP contribution in [0, 0.1) is 5.82 Å². The van der Waals surface area contributed by atoms with Gasteiger partial charge in [0.25, 0.3) is 0 Å². The number of phenols is 1. The van der Waals surface area contributed by atoms with Gasteiger partial charge in [-0.15, -0.1) is 0 Å². The van der Waals surface area contributed by atoms with E-state index in [1.807, 2.05) is 0 Å². The van der Waals surface area contributed by atoms with Gasteiger partial charge >= 0.3 is 0 Å². The van der Waals surface area contributed by atoms with Gasteiger partial charge in [-0.25, -0.2) is 4.39 Å². The maximum Gasteiger partial charge on any atom is 0.166 e. The van der Waals surface area contributed by atoms with Crippen molar-refractivity contribution in [2.75, 3.05) is 0 Å². The van der Waals surface area contributed by atoms with Crippen molar-refractivity contribution in [1.82, 2.24) is 4.57 Å². The zero-order chi connectivity index (χ0) is 10.3. The lowest BCUT2D eigenvalue weighted by molar-refractivity contribution is 0.111. The number of aromatic nitrogens is 1. The number of carbonyl (C=O) groups excluding carboxylic acids is 1. The molecule has 0 spiro atoms. The number of aromatic hydroxyl groups is 1. The van der Waals surface area contributed by atoms with Gasteiger partial charge < -0.3 is 9.67 Å². The Morgan fingerprint density at radius 2 is 2.21 bits per heavy atom. The lowest BCUT2D eigenvalue weighted by atomic mass is 10.2. The molecule has 0 saturated carbocycles. The van der Waals surface area contributed by atoms with Crippen molar-refractivity contribution in [2.45, 2.75) is 0 Å². The molecule has 0 saturated heterocycles. The van der Waals surface area contributed by atoms with Crippen LogP contribution in [0.5, 0.6) is 5.75 Å². The first-order valence-corrected chi connectivity index (χ1v) is 4.07. The summed E-state index contributed by atoms with van der Waals surface area (Å²) in [5, 5.41) is 9.74. The molecular formula is C10H8FNO2. The topological polar surface area (TPSA) is 42.2 Å². The number of phenolic OH excluding ortho intramolecular Hbond substituents is 1. The van der Waals surface area contributed by atoms with Crippen molar-refractivity contribution in [2.24, 2.45) is 7.05 Å². The van der Waals surface area contributed by atoms with Crippen LogP contribution in [0.4, 0.5) is 4.39 Å². The van der Waals surface area contributed by atoms with Crippen LogP contribution >= 0.6 is 0 Å². The first kappa shape index (κ1) is 8.74. The SMILES string of the molecule is Cn1c(C=O)cc2c(O)c(F)ccc21. The second-order valence-corrected chi connectivity index (χ2v) is 3.07. The van der Waals surface area contributed by atoms with Crippen LogP contribution in [0.2, 0.25) is 0 Å². The molecule has 1 aromatic carbocycles. The second kappa shape index (κ2) is 2.83. The minimum Gasteiger partial charge on any atom is -0.504 e. The molecule has 14 heavy (non-hydrogen) atoms. The molecule has 0 bridgehead atoms. The van der Waals surface area contributed by atoms with Gasteiger partial charge in [0.2, 0.25) is 0 Å². The monoisotopic (exact) mass is 193 g/mol. The van der Waals surface area contributed by atoms with Gasteiger partial charge in [-0.05, 0) is 18.2 Å². The third-order valence-corrected chi connectivity index (χ3v) is 2.31. The van der Waals surface area contributed by atoms with Crippen LogP contribution < -0.4 is 0 Å². The summed E-state index contributed by atoms with van der Waals surface area (Å²) in [7, 11) is 1.68. The molecule has 72 valence electrons. The molecule has 2 rings (SSSR count). The van der Waals surface area contributed by atoms with E-state index < -0.39 is 11.6 Å². The maximum atomic E-state index is 12.9. The van der Waals surface area contributed by atoms with E-state index in [1.54, 1.807) is 11.6 Å². The van der Waals surface area contributed by atoms with Crippen molar-refractivity contribution >= 4 is 17.2 Å². The molecule has 0 aliphatic carbocycles. The van der Waals surface area contributed by atoms with Crippen LogP contribution in [-0.2, 0) is 7.05 Å². The molecule has 0 amide bonds. The van der Waals surface area contributed by atoms with E-state index in [2.05, 4.69) is 0 Å². The number of aryl methyl sites for hydroxylation is 1. The molecule has 4 heteroatoms. The first-order valence-electron chi connectivity index (χ1n) is 4.07. The van der Waals surface area contributed by atoms with E-state index in [0.717, 1.165) is 0 Å². The zero-order valence-corrected chi connectivity index (χ0v) is 7.49. The predicted octanol–water partition coefficient (Wildman–Crippen LogP) is 1.84. The molecule has 1 heterocycles. The fourth-order valence-corrected chi connectivity index (χ4v) is 1.50. The minimum absolute atomic E-state index is 0.356. The number of nitrogens with zero attached hydrogens (tertiary/aromatic N) is 1. The third-order valence-electron chi connectivity index (χ3n) is 2.31. The quantitative estimate of drug-likeness (QED) is 0.702. The Labute approximate surface area is 79.4 Å². The summed E-state index contributed by atoms with van der Waals surface area (Å²) >= 11 is 0. The molecule has 0 radical (unpaired) electrons. The summed E-state index contributed by atoms with van der Waals surface area (Å²) in [4.78, 5) is 10.6. The molecule has 1 N–H and O–H groups in total. The average molecular weight is 193 g/mol. The highest BCUT2D eigenvalue weighted by molar-refractivity contribution is 5.92. The van der Waals surface area contributed by atoms with E-state index in [1.165, 1.54) is 18.2 Å². The van der Waals surface area contributed by atoms with Gasteiger partial charge in [-0.3, -0.25) is 4.79 Å². The highest BCUT2D eigenvalue weighted by atomic mass is 19.1. The number of fused-ring (bicyclic) bond motifs is 1. The highest BCUT2D eigenvalue weighted by Gasteiger charge is 2.11. The summed E-state index contributed by atoms with van der Waals surface area (Å²) < 4.78 is 14.5. The van der Waals surface area contributed by atoms with Crippen molar-refractivity contribution in [3.05, 3.63) is 29.7 Å². The lowest BCUT2D eigenvalue weighted by Crippen LogP contribution is -1.92. The van der Waals surface area contributed by atoms with E-state index >= 15 is 0 Å². The fraction of sp³-hybridized carbons (Fsp3) is 0.100. The van der Waals surface area contributed by atoms with Crippen LogP contribution in [0.3, 0.4) is 0 Å². The number of halogens is 1. The lowest BCUT2D eigenvalue weighted by Gasteiger charge is -1.99. The number of carbonyl (C=O) groups is 1. The molecule has 0 fully saturated rings. The molecule has 0 aliphatic rings. The molecule has 2 aromatic rings. The van der Waals surface area contributed by atoms with Crippen LogP contribution in [-0.4, -0.2) is 16.0 Å². The summed E-state index contributed by atoms with van der Waals surface area (Å²) in [6.45, 7) is 0. The summed E-state index contributed by atoms with van der Waals surface area (Å²) in [6.07, 6.45) is 0.664. The Hall–Kier alpha value is -1.84. The van der Waals surface area contributed by atoms with Gasteiger partial charge in [0.05, 0.1) is 11.2 Å². The Morgan fingerprint density at radius 3 is 2.86 bits per heavy atom. The van der Waals surface area contributed by atoms with E-state index in [9.17, 15) is 14.3 Å². The van der Waals surface area contributed by atoms with Gasteiger partial charge in [-0.1, -0.05) is 0 Å².